The van der Waals surface area contributed by atoms with E-state index < -0.39 is 0 Å². The Morgan fingerprint density at radius 2 is 1.03 bits per heavy atom. The van der Waals surface area contributed by atoms with Gasteiger partial charge in [0.25, 0.3) is 0 Å². The Balaban J connectivity index is 1.34. The quantitative estimate of drug-likeness (QED) is 0.223. The van der Waals surface area contributed by atoms with E-state index in [-0.39, 0.29) is 7.92 Å². The van der Waals surface area contributed by atoms with Gasteiger partial charge in [0.05, 0.1) is 18.3 Å². The third-order valence-electron chi connectivity index (χ3n) is 9.20. The third kappa shape index (κ3) is 5.76. The fourth-order valence-electron chi connectivity index (χ4n) is 7.32. The van der Waals surface area contributed by atoms with Gasteiger partial charge in [-0.3, -0.25) is 5.01 Å². The van der Waals surface area contributed by atoms with Gasteiger partial charge in [-0.2, -0.15) is 5.10 Å². The van der Waals surface area contributed by atoms with E-state index in [0.29, 0.717) is 12.1 Å². The topological polar surface area (TPSA) is 15.6 Å². The number of hydrazone groups is 1. The molecule has 3 aromatic rings. The maximum atomic E-state index is 5.36. The van der Waals surface area contributed by atoms with Crippen LogP contribution in [0.15, 0.2) is 90.0 Å². The largest absolute Gasteiger partial charge is 0.282 e. The molecule has 0 N–H and O–H groups in total. The smallest absolute Gasteiger partial charge is 0.0728 e. The van der Waals surface area contributed by atoms with Crippen molar-refractivity contribution in [3.63, 3.8) is 0 Å². The summed E-state index contributed by atoms with van der Waals surface area (Å²) in [4.78, 5) is 0. The SMILES string of the molecule is C(=N\N1[C@H](c2ccccc2)CC[C@H]1c1ccccc1)/c1ccccc1P(C1CCCCC1)C1CCCCC1. The molecule has 198 valence electrons. The van der Waals surface area contributed by atoms with Gasteiger partial charge in [0, 0.05) is 5.56 Å². The third-order valence-corrected chi connectivity index (χ3v) is 12.8. The summed E-state index contributed by atoms with van der Waals surface area (Å²) in [6, 6.07) is 32.0. The van der Waals surface area contributed by atoms with Crippen LogP contribution in [-0.4, -0.2) is 22.5 Å². The van der Waals surface area contributed by atoms with Crippen molar-refractivity contribution < 1.29 is 0 Å². The molecule has 0 amide bonds. The fraction of sp³-hybridized carbons (Fsp3) is 0.457. The first-order chi connectivity index (χ1) is 18.9. The van der Waals surface area contributed by atoms with Crippen LogP contribution in [0, 0.1) is 0 Å². The summed E-state index contributed by atoms with van der Waals surface area (Å²) in [5, 5.41) is 9.42. The van der Waals surface area contributed by atoms with Crippen LogP contribution in [0.2, 0.25) is 0 Å². The zero-order chi connectivity index (χ0) is 25.6. The Morgan fingerprint density at radius 3 is 1.55 bits per heavy atom. The van der Waals surface area contributed by atoms with Crippen molar-refractivity contribution in [3.05, 3.63) is 102 Å². The molecule has 3 heteroatoms. The lowest BCUT2D eigenvalue weighted by Gasteiger charge is -2.39. The first-order valence-electron chi connectivity index (χ1n) is 15.2. The van der Waals surface area contributed by atoms with Crippen molar-refractivity contribution in [1.82, 2.24) is 5.01 Å². The van der Waals surface area contributed by atoms with Gasteiger partial charge in [-0.15, -0.1) is 0 Å². The minimum Gasteiger partial charge on any atom is -0.282 e. The molecule has 38 heavy (non-hydrogen) atoms. The van der Waals surface area contributed by atoms with E-state index in [2.05, 4.69) is 96.2 Å². The van der Waals surface area contributed by atoms with Gasteiger partial charge < -0.3 is 0 Å². The second kappa shape index (κ2) is 12.6. The number of hydrogen-bond donors (Lipinski definition) is 0. The van der Waals surface area contributed by atoms with Crippen LogP contribution < -0.4 is 5.30 Å². The van der Waals surface area contributed by atoms with Crippen LogP contribution in [0.1, 0.15) is 106 Å². The van der Waals surface area contributed by atoms with Gasteiger partial charge in [-0.25, -0.2) is 0 Å². The van der Waals surface area contributed by atoms with Crippen molar-refractivity contribution in [1.29, 1.82) is 0 Å². The summed E-state index contributed by atoms with van der Waals surface area (Å²) in [6.45, 7) is 0. The summed E-state index contributed by atoms with van der Waals surface area (Å²) in [5.41, 5.74) is 5.93. The molecular formula is C35H43N2P. The minimum atomic E-state index is -0.156. The van der Waals surface area contributed by atoms with E-state index in [0.717, 1.165) is 24.2 Å². The highest BCUT2D eigenvalue weighted by atomic mass is 31.1. The molecule has 3 aromatic carbocycles. The van der Waals surface area contributed by atoms with Crippen LogP contribution in [-0.2, 0) is 0 Å². The lowest BCUT2D eigenvalue weighted by molar-refractivity contribution is 0.206. The maximum absolute atomic E-state index is 5.36. The molecule has 6 rings (SSSR count). The van der Waals surface area contributed by atoms with Crippen LogP contribution in [0.3, 0.4) is 0 Å². The molecule has 1 aliphatic heterocycles. The Kier molecular flexibility index (Phi) is 8.57. The minimum absolute atomic E-state index is 0.156. The Morgan fingerprint density at radius 1 is 0.553 bits per heavy atom. The molecule has 1 saturated heterocycles. The second-order valence-corrected chi connectivity index (χ2v) is 14.4. The molecule has 0 unspecified atom stereocenters. The summed E-state index contributed by atoms with van der Waals surface area (Å²) in [5.74, 6) is 0. The summed E-state index contributed by atoms with van der Waals surface area (Å²) >= 11 is 0. The average Bonchev–Trinajstić information content (AvgIpc) is 3.43. The van der Waals surface area contributed by atoms with Crippen molar-refractivity contribution >= 4 is 19.4 Å². The van der Waals surface area contributed by atoms with E-state index in [9.17, 15) is 0 Å². The van der Waals surface area contributed by atoms with Crippen molar-refractivity contribution in [2.45, 2.75) is 100 Å². The summed E-state index contributed by atoms with van der Waals surface area (Å²) in [7, 11) is -0.156. The van der Waals surface area contributed by atoms with E-state index in [1.165, 1.54) is 80.9 Å². The van der Waals surface area contributed by atoms with Crippen molar-refractivity contribution in [2.75, 3.05) is 0 Å². The summed E-state index contributed by atoms with van der Waals surface area (Å²) < 4.78 is 0. The highest BCUT2D eigenvalue weighted by molar-refractivity contribution is 7.67. The average molecular weight is 523 g/mol. The highest BCUT2D eigenvalue weighted by Gasteiger charge is 2.35. The molecule has 0 spiro atoms. The number of hydrogen-bond acceptors (Lipinski definition) is 2. The number of benzene rings is 3. The Labute approximate surface area is 231 Å². The molecule has 3 aliphatic rings. The van der Waals surface area contributed by atoms with Crippen LogP contribution in [0.4, 0.5) is 0 Å². The molecule has 0 aromatic heterocycles. The van der Waals surface area contributed by atoms with Gasteiger partial charge in [0.1, 0.15) is 0 Å². The normalized spacial score (nSPS) is 23.4. The van der Waals surface area contributed by atoms with E-state index in [1.54, 1.807) is 5.30 Å². The van der Waals surface area contributed by atoms with E-state index in [4.69, 9.17) is 5.10 Å². The zero-order valence-electron chi connectivity index (χ0n) is 22.8. The number of nitrogens with zero attached hydrogens (tertiary/aromatic N) is 2. The molecule has 0 radical (unpaired) electrons. The van der Waals surface area contributed by atoms with Crippen LogP contribution in [0.5, 0.6) is 0 Å². The molecule has 2 nitrogen and oxygen atoms in total. The molecule has 0 bridgehead atoms. The predicted molar refractivity (Wildman–Crippen MR) is 164 cm³/mol. The highest BCUT2D eigenvalue weighted by Crippen LogP contribution is 2.55. The van der Waals surface area contributed by atoms with Gasteiger partial charge in [0.15, 0.2) is 0 Å². The zero-order valence-corrected chi connectivity index (χ0v) is 23.7. The second-order valence-electron chi connectivity index (χ2n) is 11.6. The Hall–Kier alpha value is -2.44. The maximum Gasteiger partial charge on any atom is 0.0728 e. The Bertz CT molecular complexity index is 1100. The van der Waals surface area contributed by atoms with Gasteiger partial charge in [-0.05, 0) is 66.3 Å². The first kappa shape index (κ1) is 25.8. The van der Waals surface area contributed by atoms with Crippen molar-refractivity contribution in [3.8, 4) is 0 Å². The summed E-state index contributed by atoms with van der Waals surface area (Å²) in [6.07, 6.45) is 18.8. The van der Waals surface area contributed by atoms with E-state index >= 15 is 0 Å². The molecule has 1 heterocycles. The molecular weight excluding hydrogens is 479 g/mol. The van der Waals surface area contributed by atoms with Crippen molar-refractivity contribution in [2.24, 2.45) is 5.10 Å². The number of rotatable bonds is 7. The first-order valence-corrected chi connectivity index (χ1v) is 16.7. The molecule has 2 aliphatic carbocycles. The standard InChI is InChI=1S/C35H43N2P/c1-5-15-28(16-6-1)33-25-26-34(29-17-7-2-8-18-29)37(33)36-27-30-19-13-14-24-35(30)38(31-20-9-3-10-21-31)32-22-11-4-12-23-32/h1-2,5-8,13-19,24,27,31-34H,3-4,9-12,20-23,25-26H2/b36-27+/t33-,34-/m0/s1. The monoisotopic (exact) mass is 522 g/mol. The van der Waals surface area contributed by atoms with Gasteiger partial charge in [-0.1, -0.05) is 131 Å². The molecule has 3 fully saturated rings. The van der Waals surface area contributed by atoms with Gasteiger partial charge >= 0.3 is 0 Å². The predicted octanol–water partition coefficient (Wildman–Crippen LogP) is 9.37. The van der Waals surface area contributed by atoms with Crippen LogP contribution >= 0.6 is 7.92 Å². The van der Waals surface area contributed by atoms with Gasteiger partial charge in [0.2, 0.25) is 0 Å². The van der Waals surface area contributed by atoms with Crippen LogP contribution in [0.25, 0.3) is 0 Å². The molecule has 2 saturated carbocycles. The molecule has 2 atom stereocenters. The lowest BCUT2D eigenvalue weighted by atomic mass is 9.99. The van der Waals surface area contributed by atoms with E-state index in [1.807, 2.05) is 0 Å². The fourth-order valence-corrected chi connectivity index (χ4v) is 11.2. The lowest BCUT2D eigenvalue weighted by Crippen LogP contribution is -2.28.